The van der Waals surface area contributed by atoms with Gasteiger partial charge in [-0.25, -0.2) is 0 Å². The van der Waals surface area contributed by atoms with Crippen LogP contribution < -0.4 is 0 Å². The van der Waals surface area contributed by atoms with Crippen LogP contribution in [0.1, 0.15) is 86.6 Å². The van der Waals surface area contributed by atoms with Crippen LogP contribution >= 0.6 is 11.3 Å². The highest BCUT2D eigenvalue weighted by molar-refractivity contribution is 7.11. The Morgan fingerprint density at radius 3 is 2.32 bits per heavy atom. The third-order valence-electron chi connectivity index (χ3n) is 6.53. The van der Waals surface area contributed by atoms with Gasteiger partial charge in [-0.15, -0.1) is 21.5 Å². The van der Waals surface area contributed by atoms with Gasteiger partial charge in [-0.05, 0) is 31.6 Å². The summed E-state index contributed by atoms with van der Waals surface area (Å²) in [6.45, 7) is 1.83. The van der Waals surface area contributed by atoms with Gasteiger partial charge in [0.25, 0.3) is 0 Å². The zero-order chi connectivity index (χ0) is 17.1. The summed E-state index contributed by atoms with van der Waals surface area (Å²) in [7, 11) is 0. The van der Waals surface area contributed by atoms with Crippen LogP contribution in [0, 0.1) is 11.8 Å². The Balaban J connectivity index is 1.28. The second-order valence-corrected chi connectivity index (χ2v) is 9.42. The maximum atomic E-state index is 12.7. The highest BCUT2D eigenvalue weighted by Crippen LogP contribution is 2.34. The molecule has 2 saturated carbocycles. The molecule has 5 heteroatoms. The van der Waals surface area contributed by atoms with Crippen LogP contribution in [0.5, 0.6) is 0 Å². The van der Waals surface area contributed by atoms with E-state index in [1.165, 1.54) is 55.0 Å². The monoisotopic (exact) mass is 361 g/mol. The van der Waals surface area contributed by atoms with Gasteiger partial charge in [0.1, 0.15) is 10.0 Å². The number of nitrogens with zero attached hydrogens (tertiary/aromatic N) is 3. The van der Waals surface area contributed by atoms with Gasteiger partial charge in [-0.1, -0.05) is 44.9 Å². The van der Waals surface area contributed by atoms with Crippen molar-refractivity contribution in [2.75, 3.05) is 13.1 Å². The molecule has 1 aromatic heterocycles. The molecule has 1 saturated heterocycles. The maximum Gasteiger partial charge on any atom is 0.225 e. The highest BCUT2D eigenvalue weighted by atomic mass is 32.1. The zero-order valence-electron chi connectivity index (χ0n) is 15.3. The SMILES string of the molecule is O=C(C1CCCCC1)N1CCC(c2nnc(CC3CCCC3)s2)CC1. The zero-order valence-corrected chi connectivity index (χ0v) is 16.1. The number of rotatable bonds is 4. The summed E-state index contributed by atoms with van der Waals surface area (Å²) in [4.78, 5) is 14.8. The topological polar surface area (TPSA) is 46.1 Å². The molecule has 0 N–H and O–H groups in total. The lowest BCUT2D eigenvalue weighted by Crippen LogP contribution is -2.41. The lowest BCUT2D eigenvalue weighted by Gasteiger charge is -2.34. The fourth-order valence-electron chi connectivity index (χ4n) is 4.93. The molecule has 0 spiro atoms. The second kappa shape index (κ2) is 8.15. The molecule has 4 rings (SSSR count). The van der Waals surface area contributed by atoms with Crippen molar-refractivity contribution in [3.8, 4) is 0 Å². The van der Waals surface area contributed by atoms with E-state index in [4.69, 9.17) is 0 Å². The van der Waals surface area contributed by atoms with Crippen molar-refractivity contribution in [1.29, 1.82) is 0 Å². The van der Waals surface area contributed by atoms with Crippen molar-refractivity contribution in [2.45, 2.75) is 83.0 Å². The number of hydrogen-bond donors (Lipinski definition) is 0. The smallest absolute Gasteiger partial charge is 0.225 e. The standard InChI is InChI=1S/C20H31N3OS/c24-20(17-8-2-1-3-9-17)23-12-10-16(11-13-23)19-22-21-18(25-19)14-15-6-4-5-7-15/h15-17H,1-14H2. The summed E-state index contributed by atoms with van der Waals surface area (Å²) in [6.07, 6.45) is 14.8. The normalized spacial score (nSPS) is 24.1. The Hall–Kier alpha value is -0.970. The highest BCUT2D eigenvalue weighted by Gasteiger charge is 2.30. The lowest BCUT2D eigenvalue weighted by molar-refractivity contribution is -0.137. The van der Waals surface area contributed by atoms with E-state index in [0.29, 0.717) is 17.7 Å². The number of hydrogen-bond acceptors (Lipinski definition) is 4. The molecule has 3 aliphatic rings. The number of amides is 1. The van der Waals surface area contributed by atoms with Crippen LogP contribution in [0.2, 0.25) is 0 Å². The largest absolute Gasteiger partial charge is 0.342 e. The van der Waals surface area contributed by atoms with Gasteiger partial charge < -0.3 is 4.90 Å². The molecule has 1 amide bonds. The average molecular weight is 362 g/mol. The molecule has 4 nitrogen and oxygen atoms in total. The quantitative estimate of drug-likeness (QED) is 0.790. The predicted molar refractivity (Wildman–Crippen MR) is 101 cm³/mol. The summed E-state index contributed by atoms with van der Waals surface area (Å²) in [5, 5.41) is 11.4. The molecule has 1 aromatic rings. The molecule has 3 fully saturated rings. The molecule has 0 unspecified atom stereocenters. The summed E-state index contributed by atoms with van der Waals surface area (Å²) >= 11 is 1.84. The first-order chi connectivity index (χ1) is 12.3. The second-order valence-electron chi connectivity index (χ2n) is 8.32. The maximum absolute atomic E-state index is 12.7. The van der Waals surface area contributed by atoms with Crippen LogP contribution in [-0.4, -0.2) is 34.1 Å². The van der Waals surface area contributed by atoms with E-state index in [1.807, 2.05) is 11.3 Å². The molecule has 1 aliphatic heterocycles. The minimum absolute atomic E-state index is 0.310. The van der Waals surface area contributed by atoms with Gasteiger partial charge in [-0.2, -0.15) is 0 Å². The molecule has 2 heterocycles. The van der Waals surface area contributed by atoms with Crippen molar-refractivity contribution < 1.29 is 4.79 Å². The molecular formula is C20H31N3OS. The Morgan fingerprint density at radius 2 is 1.60 bits per heavy atom. The van der Waals surface area contributed by atoms with Gasteiger partial charge in [0.15, 0.2) is 0 Å². The van der Waals surface area contributed by atoms with Crippen molar-refractivity contribution in [3.63, 3.8) is 0 Å². The number of piperidine rings is 1. The van der Waals surface area contributed by atoms with E-state index in [9.17, 15) is 4.79 Å². The predicted octanol–water partition coefficient (Wildman–Crippen LogP) is 4.56. The summed E-state index contributed by atoms with van der Waals surface area (Å²) in [5.74, 6) is 2.10. The summed E-state index contributed by atoms with van der Waals surface area (Å²) in [6, 6.07) is 0. The molecule has 138 valence electrons. The number of carbonyl (C=O) groups excluding carboxylic acids is 1. The molecule has 0 radical (unpaired) electrons. The van der Waals surface area contributed by atoms with Crippen molar-refractivity contribution in [3.05, 3.63) is 10.0 Å². The van der Waals surface area contributed by atoms with E-state index in [1.54, 1.807) is 0 Å². The van der Waals surface area contributed by atoms with Crippen molar-refractivity contribution in [2.24, 2.45) is 11.8 Å². The number of aromatic nitrogens is 2. The molecule has 2 aliphatic carbocycles. The Bertz CT molecular complexity index is 567. The van der Waals surface area contributed by atoms with E-state index in [2.05, 4.69) is 15.1 Å². The van der Waals surface area contributed by atoms with Crippen LogP contribution in [-0.2, 0) is 11.2 Å². The fraction of sp³-hybridized carbons (Fsp3) is 0.850. The van der Waals surface area contributed by atoms with Crippen LogP contribution in [0.25, 0.3) is 0 Å². The minimum atomic E-state index is 0.310. The van der Waals surface area contributed by atoms with Crippen LogP contribution in [0.4, 0.5) is 0 Å². The number of carbonyl (C=O) groups is 1. The van der Waals surface area contributed by atoms with E-state index < -0.39 is 0 Å². The third-order valence-corrected chi connectivity index (χ3v) is 7.64. The van der Waals surface area contributed by atoms with Gasteiger partial charge in [0.2, 0.25) is 5.91 Å². The first-order valence-electron chi connectivity index (χ1n) is 10.4. The summed E-state index contributed by atoms with van der Waals surface area (Å²) < 4.78 is 0. The van der Waals surface area contributed by atoms with E-state index >= 15 is 0 Å². The van der Waals surface area contributed by atoms with Gasteiger partial charge in [-0.3, -0.25) is 4.79 Å². The Morgan fingerprint density at radius 1 is 0.920 bits per heavy atom. The molecule has 0 aromatic carbocycles. The molecular weight excluding hydrogens is 330 g/mol. The van der Waals surface area contributed by atoms with Crippen LogP contribution in [0.3, 0.4) is 0 Å². The minimum Gasteiger partial charge on any atom is -0.342 e. The van der Waals surface area contributed by atoms with Gasteiger partial charge >= 0.3 is 0 Å². The Labute approximate surface area is 155 Å². The van der Waals surface area contributed by atoms with Crippen molar-refractivity contribution >= 4 is 17.2 Å². The number of likely N-dealkylation sites (tertiary alicyclic amines) is 1. The lowest BCUT2D eigenvalue weighted by atomic mass is 9.87. The fourth-order valence-corrected chi connectivity index (χ4v) is 6.06. The molecule has 0 bridgehead atoms. The third kappa shape index (κ3) is 4.24. The van der Waals surface area contributed by atoms with E-state index in [0.717, 1.165) is 51.1 Å². The Kier molecular flexibility index (Phi) is 5.69. The average Bonchev–Trinajstić information content (AvgIpc) is 3.35. The van der Waals surface area contributed by atoms with Gasteiger partial charge in [0, 0.05) is 31.3 Å². The van der Waals surface area contributed by atoms with E-state index in [-0.39, 0.29) is 0 Å². The van der Waals surface area contributed by atoms with Gasteiger partial charge in [0.05, 0.1) is 0 Å². The molecule has 25 heavy (non-hydrogen) atoms. The molecule has 0 atom stereocenters. The first kappa shape index (κ1) is 17.4. The summed E-state index contributed by atoms with van der Waals surface area (Å²) in [5.41, 5.74) is 0. The first-order valence-corrected chi connectivity index (χ1v) is 11.2. The van der Waals surface area contributed by atoms with Crippen LogP contribution in [0.15, 0.2) is 0 Å². The van der Waals surface area contributed by atoms with Crippen molar-refractivity contribution in [1.82, 2.24) is 15.1 Å².